The molecule has 0 unspecified atom stereocenters. The normalized spacial score (nSPS) is 11.1. The predicted molar refractivity (Wildman–Crippen MR) is 75.8 cm³/mol. The third kappa shape index (κ3) is 2.60. The lowest BCUT2D eigenvalue weighted by Gasteiger charge is -2.26. The molecule has 0 saturated heterocycles. The molecule has 0 atom stereocenters. The first-order chi connectivity index (χ1) is 9.56. The van der Waals surface area contributed by atoms with Crippen molar-refractivity contribution < 1.29 is 9.90 Å². The second-order valence-electron chi connectivity index (χ2n) is 4.91. The Bertz CT molecular complexity index is 572. The Labute approximate surface area is 118 Å². The van der Waals surface area contributed by atoms with Gasteiger partial charge in [-0.15, -0.1) is 0 Å². The average molecular weight is 276 g/mol. The van der Waals surface area contributed by atoms with Crippen LogP contribution in [0.5, 0.6) is 0 Å². The minimum atomic E-state index is -0.120. The van der Waals surface area contributed by atoms with Gasteiger partial charge in [0.25, 0.3) is 5.91 Å². The fourth-order valence-corrected chi connectivity index (χ4v) is 2.22. The fourth-order valence-electron chi connectivity index (χ4n) is 2.22. The Balaban J connectivity index is 2.40. The fraction of sp³-hybridized carbons (Fsp3) is 0.429. The maximum atomic E-state index is 12.7. The minimum Gasteiger partial charge on any atom is -0.395 e. The van der Waals surface area contributed by atoms with Gasteiger partial charge in [-0.3, -0.25) is 9.48 Å². The highest BCUT2D eigenvalue weighted by Crippen LogP contribution is 2.17. The van der Waals surface area contributed by atoms with Crippen LogP contribution in [-0.4, -0.2) is 49.5 Å². The lowest BCUT2D eigenvalue weighted by Crippen LogP contribution is -2.39. The number of carbonyl (C=O) groups excluding carboxylic acids is 1. The molecule has 108 valence electrons. The van der Waals surface area contributed by atoms with E-state index < -0.39 is 0 Å². The second-order valence-corrected chi connectivity index (χ2v) is 4.91. The highest BCUT2D eigenvalue weighted by Gasteiger charge is 2.24. The number of aliphatic hydroxyl groups is 1. The van der Waals surface area contributed by atoms with Crippen molar-refractivity contribution in [1.29, 1.82) is 0 Å². The van der Waals surface area contributed by atoms with E-state index in [0.717, 1.165) is 5.82 Å². The Hall–Kier alpha value is -2.08. The largest absolute Gasteiger partial charge is 0.395 e. The molecule has 2 aromatic heterocycles. The summed E-state index contributed by atoms with van der Waals surface area (Å²) in [5.41, 5.74) is 0.533. The second kappa shape index (κ2) is 5.92. The molecule has 0 saturated carbocycles. The van der Waals surface area contributed by atoms with Crippen LogP contribution in [0.15, 0.2) is 30.7 Å². The molecule has 0 fully saturated rings. The molecular formula is C14H20N4O2. The van der Waals surface area contributed by atoms with Crippen LogP contribution < -0.4 is 0 Å². The summed E-state index contributed by atoms with van der Waals surface area (Å²) in [5, 5.41) is 13.3. The van der Waals surface area contributed by atoms with Gasteiger partial charge in [0.05, 0.1) is 12.8 Å². The van der Waals surface area contributed by atoms with Crippen LogP contribution in [0, 0.1) is 0 Å². The Morgan fingerprint density at radius 3 is 2.60 bits per heavy atom. The van der Waals surface area contributed by atoms with Gasteiger partial charge in [0.2, 0.25) is 0 Å². The molecule has 2 aromatic rings. The van der Waals surface area contributed by atoms with Crippen molar-refractivity contribution in [2.24, 2.45) is 7.05 Å². The zero-order chi connectivity index (χ0) is 14.7. The summed E-state index contributed by atoms with van der Waals surface area (Å²) in [7, 11) is 1.80. The number of hydrogen-bond donors (Lipinski definition) is 1. The number of hydrogen-bond acceptors (Lipinski definition) is 3. The van der Waals surface area contributed by atoms with Crippen molar-refractivity contribution in [3.63, 3.8) is 0 Å². The van der Waals surface area contributed by atoms with E-state index in [1.54, 1.807) is 22.8 Å². The van der Waals surface area contributed by atoms with Crippen LogP contribution in [-0.2, 0) is 7.05 Å². The summed E-state index contributed by atoms with van der Waals surface area (Å²) in [4.78, 5) is 14.3. The van der Waals surface area contributed by atoms with E-state index in [2.05, 4.69) is 5.10 Å². The van der Waals surface area contributed by atoms with Crippen LogP contribution >= 0.6 is 0 Å². The van der Waals surface area contributed by atoms with E-state index >= 15 is 0 Å². The maximum absolute atomic E-state index is 12.7. The summed E-state index contributed by atoms with van der Waals surface area (Å²) in [5.74, 6) is 0.606. The van der Waals surface area contributed by atoms with Gasteiger partial charge < -0.3 is 14.6 Å². The summed E-state index contributed by atoms with van der Waals surface area (Å²) in [6, 6.07) is 3.82. The van der Waals surface area contributed by atoms with Crippen LogP contribution in [0.2, 0.25) is 0 Å². The summed E-state index contributed by atoms with van der Waals surface area (Å²) in [6.45, 7) is 4.12. The summed E-state index contributed by atoms with van der Waals surface area (Å²) >= 11 is 0. The molecule has 0 bridgehead atoms. The van der Waals surface area contributed by atoms with E-state index in [1.165, 1.54) is 0 Å². The average Bonchev–Trinajstić information content (AvgIpc) is 3.03. The van der Waals surface area contributed by atoms with Crippen molar-refractivity contribution >= 4 is 5.91 Å². The molecule has 2 rings (SSSR count). The highest BCUT2D eigenvalue weighted by molar-refractivity contribution is 5.97. The molecule has 0 aromatic carbocycles. The minimum absolute atomic E-state index is 0.0207. The van der Waals surface area contributed by atoms with Crippen molar-refractivity contribution in [3.8, 4) is 5.82 Å². The number of carbonyl (C=O) groups is 1. The molecule has 6 heteroatoms. The topological polar surface area (TPSA) is 63.3 Å². The number of aryl methyl sites for hydroxylation is 1. The van der Waals surface area contributed by atoms with Crippen LogP contribution in [0.1, 0.15) is 24.2 Å². The molecule has 6 nitrogen and oxygen atoms in total. The predicted octanol–water partition coefficient (Wildman–Crippen LogP) is 1.05. The van der Waals surface area contributed by atoms with Gasteiger partial charge in [0, 0.05) is 32.0 Å². The van der Waals surface area contributed by atoms with Crippen molar-refractivity contribution in [2.75, 3.05) is 13.2 Å². The lowest BCUT2D eigenvalue weighted by atomic mass is 10.2. The highest BCUT2D eigenvalue weighted by atomic mass is 16.3. The molecule has 0 spiro atoms. The zero-order valence-electron chi connectivity index (χ0n) is 12.0. The van der Waals surface area contributed by atoms with Gasteiger partial charge in [-0.2, -0.15) is 5.10 Å². The summed E-state index contributed by atoms with van der Waals surface area (Å²) in [6.07, 6.45) is 5.32. The Morgan fingerprint density at radius 1 is 1.40 bits per heavy atom. The van der Waals surface area contributed by atoms with Crippen molar-refractivity contribution in [2.45, 2.75) is 19.9 Å². The smallest absolute Gasteiger partial charge is 0.259 e. The van der Waals surface area contributed by atoms with E-state index in [4.69, 9.17) is 5.11 Å². The molecule has 0 radical (unpaired) electrons. The maximum Gasteiger partial charge on any atom is 0.259 e. The van der Waals surface area contributed by atoms with Crippen molar-refractivity contribution in [3.05, 3.63) is 36.3 Å². The van der Waals surface area contributed by atoms with E-state index in [9.17, 15) is 4.79 Å². The van der Waals surface area contributed by atoms with E-state index in [-0.39, 0.29) is 18.6 Å². The molecule has 1 amide bonds. The van der Waals surface area contributed by atoms with Crippen LogP contribution in [0.3, 0.4) is 0 Å². The molecule has 1 N–H and O–H groups in total. The first-order valence-corrected chi connectivity index (χ1v) is 6.63. The number of amides is 1. The molecule has 20 heavy (non-hydrogen) atoms. The molecule has 0 aliphatic carbocycles. The number of aromatic nitrogens is 3. The molecule has 0 aliphatic heterocycles. The molecule has 0 aliphatic rings. The quantitative estimate of drug-likeness (QED) is 0.888. The van der Waals surface area contributed by atoms with Gasteiger partial charge in [-0.1, -0.05) is 0 Å². The van der Waals surface area contributed by atoms with Gasteiger partial charge in [0.15, 0.2) is 0 Å². The molecule has 2 heterocycles. The molecular weight excluding hydrogens is 256 g/mol. The van der Waals surface area contributed by atoms with E-state index in [0.29, 0.717) is 12.1 Å². The Kier molecular flexibility index (Phi) is 4.24. The first kappa shape index (κ1) is 14.3. The van der Waals surface area contributed by atoms with Gasteiger partial charge in [-0.05, 0) is 26.0 Å². The third-order valence-electron chi connectivity index (χ3n) is 3.21. The van der Waals surface area contributed by atoms with E-state index in [1.807, 2.05) is 42.9 Å². The standard InChI is InChI=1S/C14H20N4O2/c1-11(2)18(8-9-19)14(20)12-10-15-16(3)13(12)17-6-4-5-7-17/h4-7,10-11,19H,8-9H2,1-3H3. The van der Waals surface area contributed by atoms with Gasteiger partial charge >= 0.3 is 0 Å². The lowest BCUT2D eigenvalue weighted by molar-refractivity contribution is 0.0665. The monoisotopic (exact) mass is 276 g/mol. The third-order valence-corrected chi connectivity index (χ3v) is 3.21. The zero-order valence-corrected chi connectivity index (χ0v) is 12.0. The summed E-state index contributed by atoms with van der Waals surface area (Å²) < 4.78 is 3.53. The SMILES string of the molecule is CC(C)N(CCO)C(=O)c1cnn(C)c1-n1cccc1. The number of rotatable bonds is 5. The number of aliphatic hydroxyl groups excluding tert-OH is 1. The number of nitrogens with zero attached hydrogens (tertiary/aromatic N) is 4. The Morgan fingerprint density at radius 2 is 2.05 bits per heavy atom. The van der Waals surface area contributed by atoms with Crippen molar-refractivity contribution in [1.82, 2.24) is 19.2 Å². The van der Waals surface area contributed by atoms with Gasteiger partial charge in [0.1, 0.15) is 11.4 Å². The van der Waals surface area contributed by atoms with Crippen LogP contribution in [0.4, 0.5) is 0 Å². The van der Waals surface area contributed by atoms with Gasteiger partial charge in [-0.25, -0.2) is 0 Å². The first-order valence-electron chi connectivity index (χ1n) is 6.63. The van der Waals surface area contributed by atoms with Crippen LogP contribution in [0.25, 0.3) is 5.82 Å².